The van der Waals surface area contributed by atoms with Crippen LogP contribution in [-0.2, 0) is 16.6 Å². The van der Waals surface area contributed by atoms with Gasteiger partial charge in [-0.15, -0.1) is 0 Å². The fraction of sp³-hybridized carbons (Fsp3) is 0.105. The Hall–Kier alpha value is -3.33. The van der Waals surface area contributed by atoms with E-state index in [4.69, 9.17) is 9.15 Å². The van der Waals surface area contributed by atoms with Crippen LogP contribution < -0.4 is 14.8 Å². The van der Waals surface area contributed by atoms with Crippen molar-refractivity contribution in [2.24, 2.45) is 0 Å². The van der Waals surface area contributed by atoms with E-state index in [9.17, 15) is 17.6 Å². The quantitative estimate of drug-likeness (QED) is 0.630. The number of benzene rings is 2. The summed E-state index contributed by atoms with van der Waals surface area (Å²) in [5.74, 6) is -0.698. The summed E-state index contributed by atoms with van der Waals surface area (Å²) in [7, 11) is -2.93. The lowest BCUT2D eigenvalue weighted by Gasteiger charge is -2.14. The van der Waals surface area contributed by atoms with Crippen molar-refractivity contribution >= 4 is 21.6 Å². The Morgan fingerprint density at radius 1 is 1.14 bits per heavy atom. The normalized spacial score (nSPS) is 11.1. The van der Waals surface area contributed by atoms with Crippen LogP contribution in [0.4, 0.5) is 10.1 Å². The van der Waals surface area contributed by atoms with Gasteiger partial charge in [-0.05, 0) is 42.5 Å². The van der Waals surface area contributed by atoms with Crippen molar-refractivity contribution in [1.29, 1.82) is 0 Å². The number of rotatable bonds is 7. The van der Waals surface area contributed by atoms with Crippen molar-refractivity contribution in [3.05, 3.63) is 78.0 Å². The highest BCUT2D eigenvalue weighted by Gasteiger charge is 2.23. The first-order valence-electron chi connectivity index (χ1n) is 8.16. The molecule has 2 N–H and O–H groups in total. The molecule has 2 aromatic carbocycles. The highest BCUT2D eigenvalue weighted by Crippen LogP contribution is 2.27. The van der Waals surface area contributed by atoms with E-state index in [0.717, 1.165) is 12.1 Å². The zero-order valence-electron chi connectivity index (χ0n) is 14.8. The minimum atomic E-state index is -4.21. The Labute approximate surface area is 161 Å². The van der Waals surface area contributed by atoms with Gasteiger partial charge in [-0.2, -0.15) is 0 Å². The third-order valence-corrected chi connectivity index (χ3v) is 5.22. The summed E-state index contributed by atoms with van der Waals surface area (Å²) in [6.45, 7) is 0.143. The Balaban J connectivity index is 1.86. The Bertz CT molecular complexity index is 1080. The first kappa shape index (κ1) is 19.4. The summed E-state index contributed by atoms with van der Waals surface area (Å²) in [4.78, 5) is 12.1. The van der Waals surface area contributed by atoms with Crippen LogP contribution in [0.1, 0.15) is 16.1 Å². The summed E-state index contributed by atoms with van der Waals surface area (Å²) < 4.78 is 51.5. The van der Waals surface area contributed by atoms with Crippen molar-refractivity contribution in [3.8, 4) is 5.75 Å². The predicted molar refractivity (Wildman–Crippen MR) is 100 cm³/mol. The maximum atomic E-state index is 13.6. The number of para-hydroxylation sites is 1. The lowest BCUT2D eigenvalue weighted by Crippen LogP contribution is -2.25. The number of carbonyl (C=O) groups excluding carboxylic acids is 1. The van der Waals surface area contributed by atoms with E-state index in [-0.39, 0.29) is 28.4 Å². The molecule has 146 valence electrons. The van der Waals surface area contributed by atoms with E-state index in [1.54, 1.807) is 24.3 Å². The average molecular weight is 404 g/mol. The molecule has 7 nitrogen and oxygen atoms in total. The molecule has 0 atom stereocenters. The van der Waals surface area contributed by atoms with E-state index < -0.39 is 21.7 Å². The van der Waals surface area contributed by atoms with Crippen LogP contribution in [0.25, 0.3) is 0 Å². The number of hydrogen-bond acceptors (Lipinski definition) is 5. The van der Waals surface area contributed by atoms with Crippen LogP contribution >= 0.6 is 0 Å². The fourth-order valence-corrected chi connectivity index (χ4v) is 3.77. The summed E-state index contributed by atoms with van der Waals surface area (Å²) in [5, 5.41) is 2.65. The van der Waals surface area contributed by atoms with Crippen molar-refractivity contribution < 1.29 is 26.8 Å². The largest absolute Gasteiger partial charge is 0.495 e. The van der Waals surface area contributed by atoms with E-state index in [0.29, 0.717) is 5.76 Å². The molecule has 3 rings (SSSR count). The molecule has 0 saturated heterocycles. The molecular weight excluding hydrogens is 387 g/mol. The summed E-state index contributed by atoms with van der Waals surface area (Å²) in [6.07, 6.45) is 1.48. The van der Waals surface area contributed by atoms with Crippen LogP contribution in [0.3, 0.4) is 0 Å². The number of amides is 1. The van der Waals surface area contributed by atoms with E-state index in [1.165, 1.54) is 31.6 Å². The lowest BCUT2D eigenvalue weighted by molar-refractivity contribution is 0.0949. The number of furan rings is 1. The van der Waals surface area contributed by atoms with Gasteiger partial charge < -0.3 is 14.5 Å². The molecule has 28 heavy (non-hydrogen) atoms. The Morgan fingerprint density at radius 3 is 2.64 bits per heavy atom. The van der Waals surface area contributed by atoms with Crippen molar-refractivity contribution in [3.63, 3.8) is 0 Å². The van der Waals surface area contributed by atoms with Crippen LogP contribution in [0.15, 0.2) is 70.2 Å². The highest BCUT2D eigenvalue weighted by atomic mass is 32.2. The number of hydrogen-bond donors (Lipinski definition) is 2. The molecule has 0 aliphatic heterocycles. The minimum absolute atomic E-state index is 0.0198. The molecule has 0 unspecified atom stereocenters. The number of ether oxygens (including phenoxy) is 1. The molecule has 0 fully saturated rings. The standard InChI is InChI=1S/C19H17FN2O5S/c1-26-17-9-8-13(20)11-18(17)28(24,25)22-16-7-3-2-6-15(16)19(23)21-12-14-5-4-10-27-14/h2-11,22H,12H2,1H3,(H,21,23). The monoisotopic (exact) mass is 404 g/mol. The molecule has 0 spiro atoms. The van der Waals surface area contributed by atoms with E-state index >= 15 is 0 Å². The maximum absolute atomic E-state index is 13.6. The smallest absolute Gasteiger partial charge is 0.265 e. The first-order valence-corrected chi connectivity index (χ1v) is 9.65. The van der Waals surface area contributed by atoms with E-state index in [2.05, 4.69) is 10.0 Å². The topological polar surface area (TPSA) is 97.6 Å². The van der Waals surface area contributed by atoms with Gasteiger partial charge in [0.15, 0.2) is 0 Å². The van der Waals surface area contributed by atoms with Crippen molar-refractivity contribution in [2.45, 2.75) is 11.4 Å². The van der Waals surface area contributed by atoms with Crippen LogP contribution in [0.5, 0.6) is 5.75 Å². The molecular formula is C19H17FN2O5S. The SMILES string of the molecule is COc1ccc(F)cc1S(=O)(=O)Nc1ccccc1C(=O)NCc1ccco1. The van der Waals surface area contributed by atoms with Gasteiger partial charge in [0.1, 0.15) is 22.2 Å². The van der Waals surface area contributed by atoms with Crippen LogP contribution in [-0.4, -0.2) is 21.4 Å². The summed E-state index contributed by atoms with van der Waals surface area (Å²) in [5.41, 5.74) is 0.152. The highest BCUT2D eigenvalue weighted by molar-refractivity contribution is 7.92. The van der Waals surface area contributed by atoms with E-state index in [1.807, 2.05) is 0 Å². The van der Waals surface area contributed by atoms with Gasteiger partial charge >= 0.3 is 0 Å². The second kappa shape index (κ2) is 8.13. The number of sulfonamides is 1. The molecule has 0 saturated carbocycles. The molecule has 1 heterocycles. The molecule has 1 aromatic heterocycles. The molecule has 9 heteroatoms. The van der Waals surface area contributed by atoms with Gasteiger partial charge in [0.05, 0.1) is 31.2 Å². The Kier molecular flexibility index (Phi) is 5.65. The summed E-state index contributed by atoms with van der Waals surface area (Å²) >= 11 is 0. The number of halogens is 1. The molecule has 3 aromatic rings. The van der Waals surface area contributed by atoms with Gasteiger partial charge in [0.2, 0.25) is 0 Å². The van der Waals surface area contributed by atoms with Crippen LogP contribution in [0, 0.1) is 5.82 Å². The van der Waals surface area contributed by atoms with Gasteiger partial charge in [0.25, 0.3) is 15.9 Å². The molecule has 0 aliphatic carbocycles. The summed E-state index contributed by atoms with van der Waals surface area (Å²) in [6, 6.07) is 12.6. The third kappa shape index (κ3) is 4.32. The number of anilines is 1. The van der Waals surface area contributed by atoms with Crippen molar-refractivity contribution in [2.75, 3.05) is 11.8 Å². The van der Waals surface area contributed by atoms with Gasteiger partial charge in [-0.1, -0.05) is 12.1 Å². The first-order chi connectivity index (χ1) is 13.4. The maximum Gasteiger partial charge on any atom is 0.265 e. The second-order valence-electron chi connectivity index (χ2n) is 5.71. The zero-order chi connectivity index (χ0) is 20.1. The minimum Gasteiger partial charge on any atom is -0.495 e. The third-order valence-electron chi connectivity index (χ3n) is 3.83. The second-order valence-corrected chi connectivity index (χ2v) is 7.36. The zero-order valence-corrected chi connectivity index (χ0v) is 15.6. The Morgan fingerprint density at radius 2 is 1.93 bits per heavy atom. The van der Waals surface area contributed by atoms with Crippen molar-refractivity contribution in [1.82, 2.24) is 5.32 Å². The van der Waals surface area contributed by atoms with Crippen LogP contribution in [0.2, 0.25) is 0 Å². The number of methoxy groups -OCH3 is 1. The molecule has 1 amide bonds. The molecule has 0 radical (unpaired) electrons. The number of carbonyl (C=O) groups is 1. The van der Waals surface area contributed by atoms with Gasteiger partial charge in [-0.25, -0.2) is 12.8 Å². The fourth-order valence-electron chi connectivity index (χ4n) is 2.51. The lowest BCUT2D eigenvalue weighted by atomic mass is 10.1. The average Bonchev–Trinajstić information content (AvgIpc) is 3.20. The molecule has 0 bridgehead atoms. The van der Waals surface area contributed by atoms with Gasteiger partial charge in [0, 0.05) is 0 Å². The number of nitrogens with one attached hydrogen (secondary N) is 2. The molecule has 0 aliphatic rings. The predicted octanol–water partition coefficient (Wildman–Crippen LogP) is 3.16. The van der Waals surface area contributed by atoms with Gasteiger partial charge in [-0.3, -0.25) is 9.52 Å².